The average Bonchev–Trinajstić information content (AvgIpc) is 2.18. The van der Waals surface area contributed by atoms with E-state index in [9.17, 15) is 4.79 Å². The lowest BCUT2D eigenvalue weighted by Crippen LogP contribution is -2.18. The van der Waals surface area contributed by atoms with Gasteiger partial charge in [0.05, 0.1) is 5.56 Å². The molecule has 1 aromatic rings. The number of aryl methyl sites for hydroxylation is 1. The molecule has 0 amide bonds. The van der Waals surface area contributed by atoms with Gasteiger partial charge in [0.25, 0.3) is 0 Å². The Bertz CT molecular complexity index is 379. The summed E-state index contributed by atoms with van der Waals surface area (Å²) in [6.07, 6.45) is 3.07. The summed E-state index contributed by atoms with van der Waals surface area (Å²) in [5, 5.41) is 8.83. The number of benzene rings is 1. The van der Waals surface area contributed by atoms with Crippen molar-refractivity contribution in [3.05, 3.63) is 34.9 Å². The number of hydrogen-bond acceptors (Lipinski definition) is 2. The first kappa shape index (κ1) is 12.0. The van der Waals surface area contributed by atoms with E-state index in [1.807, 2.05) is 6.07 Å². The summed E-state index contributed by atoms with van der Waals surface area (Å²) in [5.41, 5.74) is 8.47. The Morgan fingerprint density at radius 1 is 1.47 bits per heavy atom. The number of carboxylic acid groups (broad SMARTS) is 1. The minimum absolute atomic E-state index is 0. The molecular formula is C11H14ClNO2. The molecule has 82 valence electrons. The Kier molecular flexibility index (Phi) is 3.72. The highest BCUT2D eigenvalue weighted by Crippen LogP contribution is 2.28. The van der Waals surface area contributed by atoms with Gasteiger partial charge in [-0.15, -0.1) is 12.4 Å². The fourth-order valence-corrected chi connectivity index (χ4v) is 1.97. The molecule has 3 nitrogen and oxygen atoms in total. The van der Waals surface area contributed by atoms with Crippen molar-refractivity contribution in [3.8, 4) is 0 Å². The van der Waals surface area contributed by atoms with Crippen LogP contribution in [0.25, 0.3) is 0 Å². The van der Waals surface area contributed by atoms with Crippen LogP contribution < -0.4 is 5.73 Å². The summed E-state index contributed by atoms with van der Waals surface area (Å²) in [6.45, 7) is 0. The van der Waals surface area contributed by atoms with E-state index in [0.29, 0.717) is 5.56 Å². The van der Waals surface area contributed by atoms with Crippen molar-refractivity contribution in [2.24, 2.45) is 5.73 Å². The van der Waals surface area contributed by atoms with Crippen LogP contribution in [-0.2, 0) is 6.42 Å². The first-order valence-electron chi connectivity index (χ1n) is 4.80. The topological polar surface area (TPSA) is 63.3 Å². The maximum absolute atomic E-state index is 10.8. The third kappa shape index (κ3) is 2.30. The van der Waals surface area contributed by atoms with E-state index in [1.165, 1.54) is 5.56 Å². The van der Waals surface area contributed by atoms with Crippen LogP contribution in [0.15, 0.2) is 18.2 Å². The standard InChI is InChI=1S/C11H13NO2.ClH/c12-10-3-1-2-7-4-5-8(11(13)14)6-9(7)10;/h4-6,10H,1-3,12H2,(H,13,14);1H/t10-;/m1./s1. The SMILES string of the molecule is Cl.N[C@@H]1CCCc2ccc(C(=O)O)cc21. The van der Waals surface area contributed by atoms with Gasteiger partial charge in [-0.25, -0.2) is 4.79 Å². The Labute approximate surface area is 94.7 Å². The van der Waals surface area contributed by atoms with Crippen LogP contribution in [0, 0.1) is 0 Å². The van der Waals surface area contributed by atoms with E-state index in [2.05, 4.69) is 0 Å². The van der Waals surface area contributed by atoms with E-state index in [0.717, 1.165) is 24.8 Å². The van der Waals surface area contributed by atoms with E-state index < -0.39 is 5.97 Å². The predicted octanol–water partition coefficient (Wildman–Crippen LogP) is 2.14. The van der Waals surface area contributed by atoms with Crippen LogP contribution in [0.3, 0.4) is 0 Å². The molecule has 0 saturated heterocycles. The molecular weight excluding hydrogens is 214 g/mol. The molecule has 1 aromatic carbocycles. The number of aromatic carboxylic acids is 1. The van der Waals surface area contributed by atoms with Crippen LogP contribution in [-0.4, -0.2) is 11.1 Å². The van der Waals surface area contributed by atoms with Gasteiger partial charge >= 0.3 is 5.97 Å². The smallest absolute Gasteiger partial charge is 0.335 e. The van der Waals surface area contributed by atoms with Crippen molar-refractivity contribution in [1.29, 1.82) is 0 Å². The average molecular weight is 228 g/mol. The molecule has 0 unspecified atom stereocenters. The van der Waals surface area contributed by atoms with Crippen molar-refractivity contribution in [2.75, 3.05) is 0 Å². The molecule has 0 aromatic heterocycles. The Morgan fingerprint density at radius 3 is 2.87 bits per heavy atom. The second kappa shape index (κ2) is 4.64. The van der Waals surface area contributed by atoms with Crippen molar-refractivity contribution in [1.82, 2.24) is 0 Å². The van der Waals surface area contributed by atoms with Gasteiger partial charge in [-0.3, -0.25) is 0 Å². The number of fused-ring (bicyclic) bond motifs is 1. The fourth-order valence-electron chi connectivity index (χ4n) is 1.97. The molecule has 1 atom stereocenters. The number of nitrogens with two attached hydrogens (primary N) is 1. The summed E-state index contributed by atoms with van der Waals surface area (Å²) in [4.78, 5) is 10.8. The van der Waals surface area contributed by atoms with Crippen LogP contribution in [0.1, 0.15) is 40.4 Å². The van der Waals surface area contributed by atoms with Gasteiger partial charge in [0.2, 0.25) is 0 Å². The van der Waals surface area contributed by atoms with Gasteiger partial charge in [0.15, 0.2) is 0 Å². The van der Waals surface area contributed by atoms with Gasteiger partial charge in [-0.2, -0.15) is 0 Å². The van der Waals surface area contributed by atoms with Crippen LogP contribution in [0.2, 0.25) is 0 Å². The lowest BCUT2D eigenvalue weighted by molar-refractivity contribution is 0.0696. The zero-order valence-electron chi connectivity index (χ0n) is 8.27. The van der Waals surface area contributed by atoms with Crippen molar-refractivity contribution in [3.63, 3.8) is 0 Å². The largest absolute Gasteiger partial charge is 0.478 e. The summed E-state index contributed by atoms with van der Waals surface area (Å²) in [5.74, 6) is -0.884. The first-order valence-corrected chi connectivity index (χ1v) is 4.80. The molecule has 0 heterocycles. The van der Waals surface area contributed by atoms with Crippen molar-refractivity contribution < 1.29 is 9.90 Å². The molecule has 1 aliphatic rings. The fraction of sp³-hybridized carbons (Fsp3) is 0.364. The predicted molar refractivity (Wildman–Crippen MR) is 60.5 cm³/mol. The normalized spacial score (nSPS) is 18.9. The molecule has 0 spiro atoms. The van der Waals surface area contributed by atoms with Gasteiger partial charge in [-0.1, -0.05) is 6.07 Å². The molecule has 15 heavy (non-hydrogen) atoms. The number of halogens is 1. The molecule has 0 radical (unpaired) electrons. The summed E-state index contributed by atoms with van der Waals surface area (Å²) in [6, 6.07) is 5.26. The van der Waals surface area contributed by atoms with Gasteiger partial charge in [-0.05, 0) is 42.5 Å². The minimum Gasteiger partial charge on any atom is -0.478 e. The van der Waals surface area contributed by atoms with Crippen LogP contribution in [0.5, 0.6) is 0 Å². The highest BCUT2D eigenvalue weighted by atomic mass is 35.5. The Balaban J connectivity index is 0.00000112. The van der Waals surface area contributed by atoms with E-state index in [1.54, 1.807) is 12.1 Å². The Morgan fingerprint density at radius 2 is 2.20 bits per heavy atom. The van der Waals surface area contributed by atoms with Crippen molar-refractivity contribution >= 4 is 18.4 Å². The van der Waals surface area contributed by atoms with Crippen LogP contribution in [0.4, 0.5) is 0 Å². The highest BCUT2D eigenvalue weighted by Gasteiger charge is 2.18. The number of rotatable bonds is 1. The van der Waals surface area contributed by atoms with E-state index >= 15 is 0 Å². The maximum Gasteiger partial charge on any atom is 0.335 e. The zero-order valence-corrected chi connectivity index (χ0v) is 9.09. The lowest BCUT2D eigenvalue weighted by Gasteiger charge is -2.22. The summed E-state index contributed by atoms with van der Waals surface area (Å²) >= 11 is 0. The van der Waals surface area contributed by atoms with Gasteiger partial charge in [0.1, 0.15) is 0 Å². The highest BCUT2D eigenvalue weighted by molar-refractivity contribution is 5.88. The summed E-state index contributed by atoms with van der Waals surface area (Å²) < 4.78 is 0. The Hall–Kier alpha value is -1.06. The molecule has 0 bridgehead atoms. The quantitative estimate of drug-likeness (QED) is 0.773. The second-order valence-electron chi connectivity index (χ2n) is 3.72. The second-order valence-corrected chi connectivity index (χ2v) is 3.72. The molecule has 0 saturated carbocycles. The molecule has 2 rings (SSSR count). The molecule has 4 heteroatoms. The van der Waals surface area contributed by atoms with Gasteiger partial charge in [0, 0.05) is 6.04 Å². The summed E-state index contributed by atoms with van der Waals surface area (Å²) in [7, 11) is 0. The first-order chi connectivity index (χ1) is 6.68. The number of carboxylic acids is 1. The van der Waals surface area contributed by atoms with Gasteiger partial charge < -0.3 is 10.8 Å². The minimum atomic E-state index is -0.884. The van der Waals surface area contributed by atoms with Crippen molar-refractivity contribution in [2.45, 2.75) is 25.3 Å². The zero-order chi connectivity index (χ0) is 10.1. The monoisotopic (exact) mass is 227 g/mol. The number of carbonyl (C=O) groups is 1. The molecule has 1 aliphatic carbocycles. The number of hydrogen-bond donors (Lipinski definition) is 2. The third-order valence-electron chi connectivity index (χ3n) is 2.75. The molecule has 0 aliphatic heterocycles. The molecule has 3 N–H and O–H groups in total. The third-order valence-corrected chi connectivity index (χ3v) is 2.75. The van der Waals surface area contributed by atoms with Crippen LogP contribution >= 0.6 is 12.4 Å². The molecule has 0 fully saturated rings. The van der Waals surface area contributed by atoms with E-state index in [4.69, 9.17) is 10.8 Å². The maximum atomic E-state index is 10.8. The lowest BCUT2D eigenvalue weighted by atomic mass is 9.87. The van der Waals surface area contributed by atoms with E-state index in [-0.39, 0.29) is 18.4 Å².